The van der Waals surface area contributed by atoms with Gasteiger partial charge in [0.1, 0.15) is 11.7 Å². The first-order valence-corrected chi connectivity index (χ1v) is 11.6. The van der Waals surface area contributed by atoms with Crippen molar-refractivity contribution in [2.24, 2.45) is 11.1 Å². The molecule has 1 saturated heterocycles. The molecule has 1 N–H and O–H groups in total. The zero-order valence-electron chi connectivity index (χ0n) is 19.0. The number of hydrogen-bond donors (Lipinski definition) is 1. The standard InChI is InChI=1S/C25H31N3O4/c1-15(2)23(22-11-16(3)26-31-22)24(30)28-14-18(29)12-21(28)20-13-25(32-27-20)10-6-8-17-7-4-5-9-19(17)25/h4-5,7,9,11,15,18,21,23,29H,6,8,10,12-14H2,1-3H3. The van der Waals surface area contributed by atoms with Gasteiger partial charge in [0.25, 0.3) is 0 Å². The minimum absolute atomic E-state index is 0.0339. The third-order valence-electron chi connectivity index (χ3n) is 7.17. The molecule has 170 valence electrons. The molecule has 0 radical (unpaired) electrons. The average molecular weight is 438 g/mol. The second-order valence-corrected chi connectivity index (χ2v) is 9.84. The molecule has 7 heteroatoms. The molecule has 2 aromatic rings. The Morgan fingerprint density at radius 3 is 2.88 bits per heavy atom. The number of fused-ring (bicyclic) bond motifs is 2. The zero-order chi connectivity index (χ0) is 22.5. The molecule has 0 saturated carbocycles. The first-order valence-electron chi connectivity index (χ1n) is 11.6. The second kappa shape index (κ2) is 8.03. The fourth-order valence-electron chi connectivity index (χ4n) is 5.66. The summed E-state index contributed by atoms with van der Waals surface area (Å²) in [4.78, 5) is 21.6. The lowest BCUT2D eigenvalue weighted by Gasteiger charge is -2.34. The first-order chi connectivity index (χ1) is 15.4. The van der Waals surface area contributed by atoms with Crippen molar-refractivity contribution in [3.8, 4) is 0 Å². The summed E-state index contributed by atoms with van der Waals surface area (Å²) in [5.41, 5.74) is 3.67. The van der Waals surface area contributed by atoms with Crippen LogP contribution in [0.25, 0.3) is 0 Å². The quantitative estimate of drug-likeness (QED) is 0.788. The topological polar surface area (TPSA) is 88.2 Å². The van der Waals surface area contributed by atoms with Crippen LogP contribution >= 0.6 is 0 Å². The van der Waals surface area contributed by atoms with Gasteiger partial charge in [0, 0.05) is 31.0 Å². The molecule has 4 unspecified atom stereocenters. The predicted molar refractivity (Wildman–Crippen MR) is 119 cm³/mol. The van der Waals surface area contributed by atoms with Crippen molar-refractivity contribution in [2.75, 3.05) is 6.54 Å². The van der Waals surface area contributed by atoms with E-state index in [2.05, 4.69) is 34.6 Å². The number of nitrogens with zero attached hydrogens (tertiary/aromatic N) is 3. The van der Waals surface area contributed by atoms with Crippen LogP contribution in [0.2, 0.25) is 0 Å². The molecular formula is C25H31N3O4. The van der Waals surface area contributed by atoms with Crippen LogP contribution in [0.5, 0.6) is 0 Å². The van der Waals surface area contributed by atoms with Gasteiger partial charge in [-0.1, -0.05) is 48.4 Å². The van der Waals surface area contributed by atoms with Crippen molar-refractivity contribution in [1.82, 2.24) is 10.1 Å². The van der Waals surface area contributed by atoms with Crippen molar-refractivity contribution < 1.29 is 19.3 Å². The summed E-state index contributed by atoms with van der Waals surface area (Å²) in [7, 11) is 0. The maximum Gasteiger partial charge on any atom is 0.234 e. The van der Waals surface area contributed by atoms with Gasteiger partial charge in [-0.15, -0.1) is 0 Å². The lowest BCUT2D eigenvalue weighted by atomic mass is 9.76. The number of aliphatic hydroxyl groups excluding tert-OH is 1. The van der Waals surface area contributed by atoms with Crippen LogP contribution in [0, 0.1) is 12.8 Å². The molecule has 1 aromatic carbocycles. The smallest absolute Gasteiger partial charge is 0.234 e. The second-order valence-electron chi connectivity index (χ2n) is 9.84. The Balaban J connectivity index is 1.41. The molecule has 0 bridgehead atoms. The average Bonchev–Trinajstić information content (AvgIpc) is 3.48. The number of rotatable bonds is 4. The van der Waals surface area contributed by atoms with Crippen molar-refractivity contribution >= 4 is 11.6 Å². The van der Waals surface area contributed by atoms with Crippen LogP contribution in [-0.2, 0) is 21.7 Å². The molecule has 4 atom stereocenters. The number of carbonyl (C=O) groups is 1. The van der Waals surface area contributed by atoms with Gasteiger partial charge in [-0.3, -0.25) is 4.79 Å². The van der Waals surface area contributed by atoms with E-state index in [9.17, 15) is 9.90 Å². The molecule has 3 aliphatic rings. The molecule has 5 rings (SSSR count). The van der Waals surface area contributed by atoms with Gasteiger partial charge >= 0.3 is 0 Å². The maximum absolute atomic E-state index is 13.7. The molecule has 1 aliphatic carbocycles. The summed E-state index contributed by atoms with van der Waals surface area (Å²) in [6.45, 7) is 6.16. The molecule has 32 heavy (non-hydrogen) atoms. The van der Waals surface area contributed by atoms with Gasteiger partial charge in [0.15, 0.2) is 5.60 Å². The monoisotopic (exact) mass is 437 g/mol. The summed E-state index contributed by atoms with van der Waals surface area (Å²) < 4.78 is 5.47. The Morgan fingerprint density at radius 2 is 2.12 bits per heavy atom. The molecule has 1 amide bonds. The maximum atomic E-state index is 13.7. The van der Waals surface area contributed by atoms with E-state index < -0.39 is 17.6 Å². The van der Waals surface area contributed by atoms with Gasteiger partial charge in [-0.05, 0) is 37.7 Å². The molecule has 1 spiro atoms. The summed E-state index contributed by atoms with van der Waals surface area (Å²) in [5, 5.41) is 19.0. The van der Waals surface area contributed by atoms with Gasteiger partial charge in [-0.2, -0.15) is 0 Å². The highest BCUT2D eigenvalue weighted by atomic mass is 16.7. The first kappa shape index (κ1) is 21.2. The van der Waals surface area contributed by atoms with Crippen LogP contribution in [-0.4, -0.2) is 45.5 Å². The SMILES string of the molecule is Cc1cc(C(C(=O)N2CC(O)CC2C2=NOC3(CCCc4ccccc43)C2)C(C)C)on1. The number of amides is 1. The molecule has 7 nitrogen and oxygen atoms in total. The van der Waals surface area contributed by atoms with Crippen LogP contribution < -0.4 is 0 Å². The predicted octanol–water partition coefficient (Wildman–Crippen LogP) is 3.69. The Kier molecular flexibility index (Phi) is 5.32. The van der Waals surface area contributed by atoms with Crippen LogP contribution in [0.4, 0.5) is 0 Å². The Morgan fingerprint density at radius 1 is 1.31 bits per heavy atom. The Hall–Kier alpha value is -2.67. The number of oxime groups is 1. The third kappa shape index (κ3) is 3.52. The van der Waals surface area contributed by atoms with Crippen molar-refractivity contribution in [3.63, 3.8) is 0 Å². The number of aryl methyl sites for hydroxylation is 2. The lowest BCUT2D eigenvalue weighted by Crippen LogP contribution is -2.44. The fraction of sp³-hybridized carbons (Fsp3) is 0.560. The van der Waals surface area contributed by atoms with E-state index >= 15 is 0 Å². The summed E-state index contributed by atoms with van der Waals surface area (Å²) in [6.07, 6.45) is 3.56. The highest BCUT2D eigenvalue weighted by Crippen LogP contribution is 2.46. The number of likely N-dealkylation sites (tertiary alicyclic amines) is 1. The Bertz CT molecular complexity index is 1050. The minimum Gasteiger partial charge on any atom is -0.391 e. The fourth-order valence-corrected chi connectivity index (χ4v) is 5.66. The van der Waals surface area contributed by atoms with E-state index in [0.717, 1.165) is 30.7 Å². The van der Waals surface area contributed by atoms with Gasteiger partial charge < -0.3 is 19.4 Å². The Labute approximate surface area is 188 Å². The van der Waals surface area contributed by atoms with Crippen LogP contribution in [0.1, 0.15) is 68.0 Å². The van der Waals surface area contributed by atoms with E-state index in [1.807, 2.05) is 26.8 Å². The summed E-state index contributed by atoms with van der Waals surface area (Å²) in [6, 6.07) is 9.99. The molecule has 3 heterocycles. The van der Waals surface area contributed by atoms with E-state index in [4.69, 9.17) is 9.36 Å². The van der Waals surface area contributed by atoms with Crippen molar-refractivity contribution in [1.29, 1.82) is 0 Å². The van der Waals surface area contributed by atoms with Crippen molar-refractivity contribution in [2.45, 2.75) is 76.5 Å². The van der Waals surface area contributed by atoms with Gasteiger partial charge in [0.05, 0.1) is 23.6 Å². The summed E-state index contributed by atoms with van der Waals surface area (Å²) in [5.74, 6) is 0.109. The molecule has 2 aliphatic heterocycles. The largest absolute Gasteiger partial charge is 0.391 e. The number of carbonyl (C=O) groups excluding carboxylic acids is 1. The zero-order valence-corrected chi connectivity index (χ0v) is 19.0. The molecule has 1 aromatic heterocycles. The highest BCUT2D eigenvalue weighted by Gasteiger charge is 2.49. The lowest BCUT2D eigenvalue weighted by molar-refractivity contribution is -0.134. The molecular weight excluding hydrogens is 406 g/mol. The number of aliphatic hydroxyl groups is 1. The highest BCUT2D eigenvalue weighted by molar-refractivity contribution is 5.96. The van der Waals surface area contributed by atoms with E-state index in [1.54, 1.807) is 4.90 Å². The van der Waals surface area contributed by atoms with Crippen molar-refractivity contribution in [3.05, 3.63) is 52.9 Å². The number of hydrogen-bond acceptors (Lipinski definition) is 6. The number of benzene rings is 1. The number of β-amino-alcohol motifs (C(OH)–C–C–N with tert-alkyl or cyclic N) is 1. The van der Waals surface area contributed by atoms with Gasteiger partial charge in [0.2, 0.25) is 5.91 Å². The van der Waals surface area contributed by atoms with E-state index in [-0.39, 0.29) is 17.9 Å². The van der Waals surface area contributed by atoms with Crippen LogP contribution in [0.3, 0.4) is 0 Å². The van der Waals surface area contributed by atoms with E-state index in [0.29, 0.717) is 25.1 Å². The third-order valence-corrected chi connectivity index (χ3v) is 7.17. The summed E-state index contributed by atoms with van der Waals surface area (Å²) >= 11 is 0. The van der Waals surface area contributed by atoms with Crippen LogP contribution in [0.15, 0.2) is 40.0 Å². The number of aromatic nitrogens is 1. The molecule has 1 fully saturated rings. The van der Waals surface area contributed by atoms with Gasteiger partial charge in [-0.25, -0.2) is 0 Å². The normalized spacial score (nSPS) is 28.0. The minimum atomic E-state index is -0.578. The van der Waals surface area contributed by atoms with E-state index in [1.165, 1.54) is 11.1 Å².